The first kappa shape index (κ1) is 13.1. The number of benzene rings is 1. The third kappa shape index (κ3) is 4.71. The Morgan fingerprint density at radius 1 is 1.31 bits per heavy atom. The van der Waals surface area contributed by atoms with E-state index in [0.29, 0.717) is 5.56 Å². The molecule has 0 fully saturated rings. The summed E-state index contributed by atoms with van der Waals surface area (Å²) in [5.74, 6) is -1.15. The van der Waals surface area contributed by atoms with Crippen LogP contribution in [-0.2, 0) is 10.2 Å². The molecule has 1 rings (SSSR count). The minimum atomic E-state index is -4.53. The van der Waals surface area contributed by atoms with Gasteiger partial charge in [-0.05, 0) is 24.3 Å². The Labute approximate surface area is 101 Å². The highest BCUT2D eigenvalue weighted by molar-refractivity contribution is 9.10. The molecule has 88 valence electrons. The highest BCUT2D eigenvalue weighted by atomic mass is 79.9. The van der Waals surface area contributed by atoms with Crippen LogP contribution >= 0.6 is 15.9 Å². The Kier molecular flexibility index (Phi) is 4.43. The average molecular weight is 310 g/mol. The normalized spacial score (nSPS) is 11.1. The summed E-state index contributed by atoms with van der Waals surface area (Å²) in [5.41, 5.74) is 0.388. The van der Waals surface area contributed by atoms with Gasteiger partial charge in [0.25, 0.3) is 5.91 Å². The van der Waals surface area contributed by atoms with Crippen LogP contribution < -0.4 is 5.32 Å². The van der Waals surface area contributed by atoms with Gasteiger partial charge in [0, 0.05) is 16.6 Å². The van der Waals surface area contributed by atoms with Crippen LogP contribution in [0.3, 0.4) is 0 Å². The van der Waals surface area contributed by atoms with Crippen LogP contribution in [-0.4, -0.2) is 26.6 Å². The molecular weight excluding hydrogens is 301 g/mol. The van der Waals surface area contributed by atoms with Crippen LogP contribution in [0.2, 0.25) is 0 Å². The van der Waals surface area contributed by atoms with Gasteiger partial charge in [-0.1, -0.05) is 15.9 Å². The fourth-order valence-electron chi connectivity index (χ4n) is 0.990. The molecule has 0 atom stereocenters. The SMILES string of the molecule is O=C(NCCS(=O)(=O)F)c1ccc(Br)cc1. The fourth-order valence-corrected chi connectivity index (χ4v) is 1.60. The molecule has 0 heterocycles. The molecule has 1 aromatic rings. The van der Waals surface area contributed by atoms with Crippen LogP contribution in [0.5, 0.6) is 0 Å². The second kappa shape index (κ2) is 5.40. The van der Waals surface area contributed by atoms with Crippen molar-refractivity contribution >= 4 is 32.1 Å². The van der Waals surface area contributed by atoms with Gasteiger partial charge in [0.05, 0.1) is 5.75 Å². The van der Waals surface area contributed by atoms with Gasteiger partial charge in [0.15, 0.2) is 0 Å². The van der Waals surface area contributed by atoms with Crippen molar-refractivity contribution in [2.24, 2.45) is 0 Å². The van der Waals surface area contributed by atoms with Crippen molar-refractivity contribution in [1.29, 1.82) is 0 Å². The number of hydrogen-bond acceptors (Lipinski definition) is 3. The van der Waals surface area contributed by atoms with Crippen molar-refractivity contribution < 1.29 is 17.1 Å². The lowest BCUT2D eigenvalue weighted by Crippen LogP contribution is -2.28. The molecule has 0 spiro atoms. The van der Waals surface area contributed by atoms with Crippen molar-refractivity contribution in [2.45, 2.75) is 0 Å². The standard InChI is InChI=1S/C9H9BrFNO3S/c10-8-3-1-7(2-4-8)9(13)12-5-6-16(11,14)15/h1-4H,5-6H2,(H,12,13). The Balaban J connectivity index is 2.50. The van der Waals surface area contributed by atoms with Crippen LogP contribution in [0.15, 0.2) is 28.7 Å². The Morgan fingerprint density at radius 3 is 2.38 bits per heavy atom. The molecule has 16 heavy (non-hydrogen) atoms. The molecule has 0 aliphatic heterocycles. The van der Waals surface area contributed by atoms with Crippen LogP contribution in [0, 0.1) is 0 Å². The van der Waals surface area contributed by atoms with Gasteiger partial charge in [-0.2, -0.15) is 8.42 Å². The molecule has 0 aliphatic carbocycles. The molecule has 0 unspecified atom stereocenters. The molecule has 0 saturated carbocycles. The Bertz CT molecular complexity index is 472. The highest BCUT2D eigenvalue weighted by Gasteiger charge is 2.09. The van der Waals surface area contributed by atoms with Crippen LogP contribution in [0.1, 0.15) is 10.4 Å². The maximum Gasteiger partial charge on any atom is 0.304 e. The molecule has 1 aromatic carbocycles. The number of carbonyl (C=O) groups excluding carboxylic acids is 1. The predicted octanol–water partition coefficient (Wildman–Crippen LogP) is 1.48. The topological polar surface area (TPSA) is 63.2 Å². The van der Waals surface area contributed by atoms with E-state index in [1.807, 2.05) is 0 Å². The zero-order chi connectivity index (χ0) is 12.2. The number of carbonyl (C=O) groups is 1. The molecule has 1 amide bonds. The second-order valence-corrected chi connectivity index (χ2v) is 5.41. The van der Waals surface area contributed by atoms with Gasteiger partial charge in [0.1, 0.15) is 0 Å². The van der Waals surface area contributed by atoms with Crippen molar-refractivity contribution in [3.8, 4) is 0 Å². The molecule has 0 bridgehead atoms. The minimum Gasteiger partial charge on any atom is -0.351 e. The molecule has 1 N–H and O–H groups in total. The lowest BCUT2D eigenvalue weighted by Gasteiger charge is -2.03. The Morgan fingerprint density at radius 2 is 1.88 bits per heavy atom. The third-order valence-corrected chi connectivity index (χ3v) is 2.96. The summed E-state index contributed by atoms with van der Waals surface area (Å²) in [5, 5.41) is 2.30. The van der Waals surface area contributed by atoms with E-state index in [1.54, 1.807) is 24.3 Å². The summed E-state index contributed by atoms with van der Waals surface area (Å²) in [6.07, 6.45) is 0. The molecule has 0 aliphatic rings. The average Bonchev–Trinajstić information content (AvgIpc) is 2.16. The lowest BCUT2D eigenvalue weighted by atomic mass is 10.2. The van der Waals surface area contributed by atoms with Crippen LogP contribution in [0.25, 0.3) is 0 Å². The minimum absolute atomic E-state index is 0.242. The molecular formula is C9H9BrFNO3S. The maximum absolute atomic E-state index is 12.1. The summed E-state index contributed by atoms with van der Waals surface area (Å²) in [6.45, 7) is -0.242. The monoisotopic (exact) mass is 309 g/mol. The molecule has 4 nitrogen and oxygen atoms in total. The predicted molar refractivity (Wildman–Crippen MR) is 61.4 cm³/mol. The maximum atomic E-state index is 12.1. The van der Waals surface area contributed by atoms with Crippen molar-refractivity contribution in [2.75, 3.05) is 12.3 Å². The molecule has 0 saturated heterocycles. The van der Waals surface area contributed by atoms with E-state index in [2.05, 4.69) is 21.2 Å². The quantitative estimate of drug-likeness (QED) is 0.857. The van der Waals surface area contributed by atoms with E-state index in [4.69, 9.17) is 0 Å². The first-order valence-electron chi connectivity index (χ1n) is 4.34. The number of amides is 1. The van der Waals surface area contributed by atoms with Gasteiger partial charge in [0.2, 0.25) is 0 Å². The van der Waals surface area contributed by atoms with Crippen molar-refractivity contribution in [1.82, 2.24) is 5.32 Å². The third-order valence-electron chi connectivity index (χ3n) is 1.74. The van der Waals surface area contributed by atoms with E-state index in [9.17, 15) is 17.1 Å². The van der Waals surface area contributed by atoms with Crippen molar-refractivity contribution in [3.63, 3.8) is 0 Å². The highest BCUT2D eigenvalue weighted by Crippen LogP contribution is 2.10. The number of rotatable bonds is 4. The summed E-state index contributed by atoms with van der Waals surface area (Å²) in [7, 11) is -4.53. The van der Waals surface area contributed by atoms with E-state index in [-0.39, 0.29) is 6.54 Å². The molecule has 0 aromatic heterocycles. The summed E-state index contributed by atoms with van der Waals surface area (Å²) in [4.78, 5) is 11.4. The Hall–Kier alpha value is -0.950. The van der Waals surface area contributed by atoms with Gasteiger partial charge >= 0.3 is 10.2 Å². The van der Waals surface area contributed by atoms with E-state index < -0.39 is 21.9 Å². The van der Waals surface area contributed by atoms with Gasteiger partial charge in [-0.3, -0.25) is 4.79 Å². The summed E-state index contributed by atoms with van der Waals surface area (Å²) < 4.78 is 33.3. The first-order valence-corrected chi connectivity index (χ1v) is 6.69. The van der Waals surface area contributed by atoms with Gasteiger partial charge < -0.3 is 5.32 Å². The lowest BCUT2D eigenvalue weighted by molar-refractivity contribution is 0.0956. The van der Waals surface area contributed by atoms with E-state index in [1.165, 1.54) is 0 Å². The summed E-state index contributed by atoms with van der Waals surface area (Å²) >= 11 is 3.21. The van der Waals surface area contributed by atoms with E-state index >= 15 is 0 Å². The summed E-state index contributed by atoms with van der Waals surface area (Å²) in [6, 6.07) is 6.51. The van der Waals surface area contributed by atoms with Crippen LogP contribution in [0.4, 0.5) is 3.89 Å². The second-order valence-electron chi connectivity index (χ2n) is 3.01. The zero-order valence-electron chi connectivity index (χ0n) is 8.11. The first-order chi connectivity index (χ1) is 7.38. The fraction of sp³-hybridized carbons (Fsp3) is 0.222. The number of nitrogens with one attached hydrogen (secondary N) is 1. The van der Waals surface area contributed by atoms with E-state index in [0.717, 1.165) is 4.47 Å². The smallest absolute Gasteiger partial charge is 0.304 e. The number of halogens is 2. The number of hydrogen-bond donors (Lipinski definition) is 1. The zero-order valence-corrected chi connectivity index (χ0v) is 10.5. The molecule has 0 radical (unpaired) electrons. The largest absolute Gasteiger partial charge is 0.351 e. The molecule has 7 heteroatoms. The van der Waals surface area contributed by atoms with Crippen molar-refractivity contribution in [3.05, 3.63) is 34.3 Å². The van der Waals surface area contributed by atoms with Gasteiger partial charge in [-0.15, -0.1) is 3.89 Å². The van der Waals surface area contributed by atoms with Gasteiger partial charge in [-0.25, -0.2) is 0 Å².